The lowest BCUT2D eigenvalue weighted by Gasteiger charge is -2.52. The lowest BCUT2D eigenvalue weighted by molar-refractivity contribution is -0.145. The summed E-state index contributed by atoms with van der Waals surface area (Å²) in [5.41, 5.74) is 1.35. The summed E-state index contributed by atoms with van der Waals surface area (Å²) in [6, 6.07) is 2.82. The molecule has 2 bridgehead atoms. The predicted molar refractivity (Wildman–Crippen MR) is 116 cm³/mol. The van der Waals surface area contributed by atoms with E-state index >= 15 is 0 Å². The van der Waals surface area contributed by atoms with Gasteiger partial charge in [-0.05, 0) is 50.0 Å². The number of piperidine rings is 2. The van der Waals surface area contributed by atoms with E-state index in [9.17, 15) is 10.1 Å². The van der Waals surface area contributed by atoms with Gasteiger partial charge in [-0.1, -0.05) is 25.4 Å². The first-order valence-electron chi connectivity index (χ1n) is 10.7. The summed E-state index contributed by atoms with van der Waals surface area (Å²) < 4.78 is 5.31. The van der Waals surface area contributed by atoms with E-state index in [1.807, 2.05) is 13.1 Å². The fourth-order valence-corrected chi connectivity index (χ4v) is 5.93. The van der Waals surface area contributed by atoms with E-state index in [-0.39, 0.29) is 29.3 Å². The van der Waals surface area contributed by atoms with Crippen LogP contribution in [0.2, 0.25) is 5.02 Å². The molecule has 0 aliphatic carbocycles. The molecule has 2 fully saturated rings. The summed E-state index contributed by atoms with van der Waals surface area (Å²) in [7, 11) is 1.57. The third-order valence-corrected chi connectivity index (χ3v) is 7.31. The molecule has 2 aromatic rings. The van der Waals surface area contributed by atoms with Crippen LogP contribution in [0.3, 0.4) is 0 Å². The molecule has 2 aliphatic heterocycles. The molecule has 1 amide bonds. The van der Waals surface area contributed by atoms with Gasteiger partial charge in [0.25, 0.3) is 0 Å². The van der Waals surface area contributed by atoms with E-state index in [0.29, 0.717) is 28.8 Å². The van der Waals surface area contributed by atoms with E-state index in [1.54, 1.807) is 13.3 Å². The smallest absolute Gasteiger partial charge is 0.223 e. The zero-order chi connectivity index (χ0) is 21.6. The van der Waals surface area contributed by atoms with Gasteiger partial charge in [0, 0.05) is 30.1 Å². The Bertz CT molecular complexity index is 995. The fourth-order valence-electron chi connectivity index (χ4n) is 5.61. The van der Waals surface area contributed by atoms with Crippen molar-refractivity contribution >= 4 is 28.5 Å². The molecule has 1 N–H and O–H groups in total. The first kappa shape index (κ1) is 21.0. The van der Waals surface area contributed by atoms with Crippen molar-refractivity contribution in [1.29, 1.82) is 5.26 Å². The van der Waals surface area contributed by atoms with Crippen LogP contribution in [0, 0.1) is 22.7 Å². The van der Waals surface area contributed by atoms with Gasteiger partial charge in [0.1, 0.15) is 5.65 Å². The first-order valence-corrected chi connectivity index (χ1v) is 11.1. The highest BCUT2D eigenvalue weighted by Gasteiger charge is 2.47. The number of hydrogen-bond donors (Lipinski definition) is 1. The minimum Gasteiger partial charge on any atom is -0.494 e. The summed E-state index contributed by atoms with van der Waals surface area (Å²) in [4.78, 5) is 23.1. The van der Waals surface area contributed by atoms with Gasteiger partial charge in [0.2, 0.25) is 5.91 Å². The van der Waals surface area contributed by atoms with Crippen molar-refractivity contribution in [2.24, 2.45) is 11.3 Å². The Morgan fingerprint density at radius 2 is 2.13 bits per heavy atom. The monoisotopic (exact) mass is 428 g/mol. The minimum atomic E-state index is -0.329. The molecule has 30 heavy (non-hydrogen) atoms. The van der Waals surface area contributed by atoms with Gasteiger partial charge in [0.05, 0.1) is 29.8 Å². The number of carbonyl (C=O) groups excluding carboxylic acids is 1. The predicted octanol–water partition coefficient (Wildman–Crippen LogP) is 5.04. The van der Waals surface area contributed by atoms with E-state index < -0.39 is 0 Å². The Morgan fingerprint density at radius 1 is 1.47 bits per heavy atom. The van der Waals surface area contributed by atoms with Crippen LogP contribution in [0.4, 0.5) is 0 Å². The molecule has 0 spiro atoms. The Morgan fingerprint density at radius 3 is 2.73 bits per heavy atom. The van der Waals surface area contributed by atoms with E-state index in [0.717, 1.165) is 36.6 Å². The van der Waals surface area contributed by atoms with Crippen molar-refractivity contribution in [3.8, 4) is 11.8 Å². The average molecular weight is 429 g/mol. The van der Waals surface area contributed by atoms with Crippen molar-refractivity contribution in [2.45, 2.75) is 70.9 Å². The summed E-state index contributed by atoms with van der Waals surface area (Å²) >= 11 is 6.55. The van der Waals surface area contributed by atoms with Crippen molar-refractivity contribution in [2.75, 3.05) is 7.11 Å². The SMILES string of the molecule is COc1cnc2[nH]cc(C(C)CC(=O)N3C4CC(C)CC3CC(C)(C#N)C4)c2c1Cl. The van der Waals surface area contributed by atoms with Crippen LogP contribution in [-0.4, -0.2) is 40.0 Å². The van der Waals surface area contributed by atoms with Crippen LogP contribution in [0.1, 0.15) is 64.4 Å². The van der Waals surface area contributed by atoms with Crippen LogP contribution in [-0.2, 0) is 4.79 Å². The number of aromatic amines is 1. The maximum absolute atomic E-state index is 13.4. The van der Waals surface area contributed by atoms with E-state index in [2.05, 4.69) is 34.8 Å². The van der Waals surface area contributed by atoms with Crippen molar-refractivity contribution in [1.82, 2.24) is 14.9 Å². The Balaban J connectivity index is 1.57. The zero-order valence-electron chi connectivity index (χ0n) is 18.0. The molecular weight excluding hydrogens is 400 g/mol. The molecule has 0 saturated carbocycles. The number of pyridine rings is 1. The molecule has 0 radical (unpaired) electrons. The molecule has 4 rings (SSSR count). The Hall–Kier alpha value is -2.26. The maximum Gasteiger partial charge on any atom is 0.223 e. The number of ether oxygens (including phenoxy) is 1. The van der Waals surface area contributed by atoms with Gasteiger partial charge in [-0.3, -0.25) is 4.79 Å². The lowest BCUT2D eigenvalue weighted by atomic mass is 9.67. The van der Waals surface area contributed by atoms with Gasteiger partial charge < -0.3 is 14.6 Å². The second-order valence-corrected chi connectivity index (χ2v) is 9.86. The number of nitrogens with one attached hydrogen (secondary N) is 1. The second kappa shape index (κ2) is 7.77. The fraction of sp³-hybridized carbons (Fsp3) is 0.609. The largest absolute Gasteiger partial charge is 0.494 e. The molecule has 2 aliphatic rings. The normalized spacial score (nSPS) is 29.5. The first-order chi connectivity index (χ1) is 14.3. The molecule has 2 aromatic heterocycles. The molecule has 6 nitrogen and oxygen atoms in total. The zero-order valence-corrected chi connectivity index (χ0v) is 18.8. The number of halogens is 1. The van der Waals surface area contributed by atoms with Crippen LogP contribution in [0.5, 0.6) is 5.75 Å². The highest BCUT2D eigenvalue weighted by Crippen LogP contribution is 2.46. The molecule has 160 valence electrons. The topological polar surface area (TPSA) is 82.0 Å². The number of fused-ring (bicyclic) bond motifs is 3. The van der Waals surface area contributed by atoms with Gasteiger partial charge >= 0.3 is 0 Å². The van der Waals surface area contributed by atoms with E-state index in [4.69, 9.17) is 16.3 Å². The number of nitriles is 1. The van der Waals surface area contributed by atoms with Crippen LogP contribution < -0.4 is 4.74 Å². The summed E-state index contributed by atoms with van der Waals surface area (Å²) in [5.74, 6) is 1.28. The summed E-state index contributed by atoms with van der Waals surface area (Å²) in [6.45, 7) is 6.35. The summed E-state index contributed by atoms with van der Waals surface area (Å²) in [6.07, 6.45) is 7.40. The van der Waals surface area contributed by atoms with Gasteiger partial charge in [0.15, 0.2) is 5.75 Å². The molecule has 3 atom stereocenters. The number of hydrogen-bond acceptors (Lipinski definition) is 4. The van der Waals surface area contributed by atoms with Crippen molar-refractivity contribution in [3.63, 3.8) is 0 Å². The number of carbonyl (C=O) groups is 1. The third-order valence-electron chi connectivity index (χ3n) is 6.93. The van der Waals surface area contributed by atoms with Crippen LogP contribution in [0.25, 0.3) is 11.0 Å². The molecule has 7 heteroatoms. The third kappa shape index (κ3) is 3.54. The second-order valence-electron chi connectivity index (χ2n) is 9.48. The van der Waals surface area contributed by atoms with Crippen molar-refractivity contribution < 1.29 is 9.53 Å². The van der Waals surface area contributed by atoms with Gasteiger partial charge in [-0.25, -0.2) is 4.98 Å². The average Bonchev–Trinajstić information content (AvgIpc) is 3.12. The molecule has 0 aromatic carbocycles. The van der Waals surface area contributed by atoms with Gasteiger partial charge in [-0.2, -0.15) is 5.26 Å². The molecule has 2 saturated heterocycles. The summed E-state index contributed by atoms with van der Waals surface area (Å²) in [5, 5.41) is 11.0. The molecule has 4 heterocycles. The number of aromatic nitrogens is 2. The number of amides is 1. The van der Waals surface area contributed by atoms with Crippen LogP contribution in [0.15, 0.2) is 12.4 Å². The highest BCUT2D eigenvalue weighted by atomic mass is 35.5. The van der Waals surface area contributed by atoms with Crippen LogP contribution >= 0.6 is 11.6 Å². The number of rotatable bonds is 4. The molecule has 3 unspecified atom stereocenters. The highest BCUT2D eigenvalue weighted by molar-refractivity contribution is 6.37. The van der Waals surface area contributed by atoms with Gasteiger partial charge in [-0.15, -0.1) is 0 Å². The number of methoxy groups -OCH3 is 1. The van der Waals surface area contributed by atoms with Crippen molar-refractivity contribution in [3.05, 3.63) is 23.0 Å². The minimum absolute atomic E-state index is 0.0138. The Kier molecular flexibility index (Phi) is 5.44. The maximum atomic E-state index is 13.4. The number of nitrogens with zero attached hydrogens (tertiary/aromatic N) is 3. The quantitative estimate of drug-likeness (QED) is 0.739. The standard InChI is InChI=1S/C23H29ClN4O2/c1-13-5-15-8-23(3,12-25)9-16(6-13)28(15)19(29)7-14(2)17-10-26-22-20(17)21(24)18(30-4)11-27-22/h10-11,13-16H,5-9H2,1-4H3,(H,26,27). The van der Waals surface area contributed by atoms with E-state index in [1.165, 1.54) is 0 Å². The molecular formula is C23H29ClN4O2. The lowest BCUT2D eigenvalue weighted by Crippen LogP contribution is -2.58. The number of H-pyrrole nitrogens is 1. The Labute approximate surface area is 182 Å².